The largest absolute Gasteiger partial charge is 0.378 e. The molecule has 4 rings (SSSR count). The SMILES string of the molecule is CC(=O)Nc1ccc(NC2=C(c3ccc(C)cc3C)C(=O)N(c3cccc(N(C)C)c3)C2=O)cc1. The minimum Gasteiger partial charge on any atom is -0.378 e. The first-order valence-corrected chi connectivity index (χ1v) is 11.3. The van der Waals surface area contributed by atoms with Gasteiger partial charge in [0.05, 0.1) is 11.3 Å². The maximum absolute atomic E-state index is 13.8. The van der Waals surface area contributed by atoms with Crippen molar-refractivity contribution < 1.29 is 14.4 Å². The van der Waals surface area contributed by atoms with E-state index in [0.717, 1.165) is 16.8 Å². The van der Waals surface area contributed by atoms with Crippen LogP contribution in [0, 0.1) is 13.8 Å². The number of hydrogen-bond donors (Lipinski definition) is 2. The number of rotatable bonds is 6. The van der Waals surface area contributed by atoms with Crippen LogP contribution in [-0.2, 0) is 14.4 Å². The zero-order chi connectivity index (χ0) is 25.3. The maximum Gasteiger partial charge on any atom is 0.282 e. The summed E-state index contributed by atoms with van der Waals surface area (Å²) in [4.78, 5) is 41.9. The molecule has 0 fully saturated rings. The van der Waals surface area contributed by atoms with Gasteiger partial charge in [0.2, 0.25) is 5.91 Å². The average molecular weight is 469 g/mol. The van der Waals surface area contributed by atoms with E-state index in [2.05, 4.69) is 10.6 Å². The van der Waals surface area contributed by atoms with Crippen molar-refractivity contribution in [2.24, 2.45) is 0 Å². The Balaban J connectivity index is 1.79. The van der Waals surface area contributed by atoms with Crippen molar-refractivity contribution in [3.8, 4) is 0 Å². The van der Waals surface area contributed by atoms with Crippen molar-refractivity contribution in [3.05, 3.63) is 89.1 Å². The number of hydrogen-bond acceptors (Lipinski definition) is 5. The molecule has 3 aromatic rings. The summed E-state index contributed by atoms with van der Waals surface area (Å²) >= 11 is 0. The van der Waals surface area contributed by atoms with Crippen LogP contribution < -0.4 is 20.4 Å². The number of benzene rings is 3. The molecule has 1 aliphatic heterocycles. The molecular formula is C28H28N4O3. The summed E-state index contributed by atoms with van der Waals surface area (Å²) in [6.45, 7) is 5.36. The van der Waals surface area contributed by atoms with Gasteiger partial charge in [-0.25, -0.2) is 4.90 Å². The number of imide groups is 1. The quantitative estimate of drug-likeness (QED) is 0.512. The van der Waals surface area contributed by atoms with Crippen LogP contribution in [0.2, 0.25) is 0 Å². The van der Waals surface area contributed by atoms with Crippen molar-refractivity contribution in [1.82, 2.24) is 0 Å². The third kappa shape index (κ3) is 4.80. The molecule has 0 atom stereocenters. The molecule has 0 spiro atoms. The van der Waals surface area contributed by atoms with Crippen LogP contribution in [0.1, 0.15) is 23.6 Å². The Morgan fingerprint density at radius 2 is 1.54 bits per heavy atom. The van der Waals surface area contributed by atoms with Crippen LogP contribution in [-0.4, -0.2) is 31.8 Å². The summed E-state index contributed by atoms with van der Waals surface area (Å²) < 4.78 is 0. The van der Waals surface area contributed by atoms with E-state index in [9.17, 15) is 14.4 Å². The molecule has 0 saturated heterocycles. The molecule has 1 heterocycles. The summed E-state index contributed by atoms with van der Waals surface area (Å²) in [5, 5.41) is 5.89. The Labute approximate surface area is 205 Å². The molecule has 0 unspecified atom stereocenters. The fourth-order valence-electron chi connectivity index (χ4n) is 4.12. The van der Waals surface area contributed by atoms with E-state index in [0.29, 0.717) is 28.2 Å². The van der Waals surface area contributed by atoms with Gasteiger partial charge in [0, 0.05) is 38.1 Å². The molecular weight excluding hydrogens is 440 g/mol. The molecule has 2 N–H and O–H groups in total. The number of nitrogens with zero attached hydrogens (tertiary/aromatic N) is 2. The second kappa shape index (κ2) is 9.46. The van der Waals surface area contributed by atoms with Crippen molar-refractivity contribution >= 4 is 46.0 Å². The van der Waals surface area contributed by atoms with Gasteiger partial charge < -0.3 is 15.5 Å². The number of aryl methyl sites for hydroxylation is 2. The Morgan fingerprint density at radius 3 is 2.17 bits per heavy atom. The molecule has 3 amide bonds. The van der Waals surface area contributed by atoms with Crippen molar-refractivity contribution in [1.29, 1.82) is 0 Å². The third-order valence-electron chi connectivity index (χ3n) is 5.81. The highest BCUT2D eigenvalue weighted by molar-refractivity contribution is 6.46. The van der Waals surface area contributed by atoms with Gasteiger partial charge in [0.15, 0.2) is 0 Å². The van der Waals surface area contributed by atoms with E-state index in [-0.39, 0.29) is 17.5 Å². The number of carbonyl (C=O) groups is 3. The lowest BCUT2D eigenvalue weighted by Gasteiger charge is -2.19. The first kappa shape index (κ1) is 23.8. The predicted octanol–water partition coefficient (Wildman–Crippen LogP) is 4.72. The molecule has 35 heavy (non-hydrogen) atoms. The Kier molecular flexibility index (Phi) is 6.42. The lowest BCUT2D eigenvalue weighted by atomic mass is 9.97. The minimum atomic E-state index is -0.424. The smallest absolute Gasteiger partial charge is 0.282 e. The second-order valence-electron chi connectivity index (χ2n) is 8.81. The minimum absolute atomic E-state index is 0.169. The number of nitrogens with one attached hydrogen (secondary N) is 2. The highest BCUT2D eigenvalue weighted by atomic mass is 16.2. The van der Waals surface area contributed by atoms with Gasteiger partial charge in [0.1, 0.15) is 5.70 Å². The van der Waals surface area contributed by atoms with Crippen LogP contribution in [0.15, 0.2) is 72.4 Å². The second-order valence-corrected chi connectivity index (χ2v) is 8.81. The zero-order valence-corrected chi connectivity index (χ0v) is 20.5. The molecule has 0 bridgehead atoms. The van der Waals surface area contributed by atoms with Gasteiger partial charge in [-0.3, -0.25) is 14.4 Å². The molecule has 1 aliphatic rings. The van der Waals surface area contributed by atoms with Crippen molar-refractivity contribution in [3.63, 3.8) is 0 Å². The van der Waals surface area contributed by atoms with E-state index in [1.807, 2.05) is 69.2 Å². The lowest BCUT2D eigenvalue weighted by Crippen LogP contribution is -2.32. The monoisotopic (exact) mass is 468 g/mol. The molecule has 178 valence electrons. The third-order valence-corrected chi connectivity index (χ3v) is 5.81. The van der Waals surface area contributed by atoms with Gasteiger partial charge in [-0.05, 0) is 67.4 Å². The van der Waals surface area contributed by atoms with Crippen LogP contribution in [0.4, 0.5) is 22.7 Å². The van der Waals surface area contributed by atoms with E-state index in [4.69, 9.17) is 0 Å². The molecule has 7 nitrogen and oxygen atoms in total. The standard InChI is InChI=1S/C28H28N4O3/c1-17-9-14-24(18(2)15-17)25-26(30-21-12-10-20(11-13-21)29-19(3)33)28(35)32(27(25)34)23-8-6-7-22(16-23)31(4)5/h6-16,30H,1-5H3,(H,29,33). The highest BCUT2D eigenvalue weighted by Crippen LogP contribution is 2.36. The fraction of sp³-hybridized carbons (Fsp3) is 0.179. The first-order chi connectivity index (χ1) is 16.7. The van der Waals surface area contributed by atoms with E-state index < -0.39 is 5.91 Å². The topological polar surface area (TPSA) is 81.8 Å². The maximum atomic E-state index is 13.8. The summed E-state index contributed by atoms with van der Waals surface area (Å²) in [5.41, 5.74) is 5.88. The van der Waals surface area contributed by atoms with Crippen molar-refractivity contribution in [2.45, 2.75) is 20.8 Å². The van der Waals surface area contributed by atoms with Crippen LogP contribution in [0.5, 0.6) is 0 Å². The molecule has 3 aromatic carbocycles. The zero-order valence-electron chi connectivity index (χ0n) is 20.5. The lowest BCUT2D eigenvalue weighted by molar-refractivity contribution is -0.120. The van der Waals surface area contributed by atoms with Crippen molar-refractivity contribution in [2.75, 3.05) is 34.5 Å². The summed E-state index contributed by atoms with van der Waals surface area (Å²) in [5.74, 6) is -0.972. The Hall–Kier alpha value is -4.39. The number of anilines is 4. The Morgan fingerprint density at radius 1 is 0.857 bits per heavy atom. The Bertz CT molecular complexity index is 1360. The van der Waals surface area contributed by atoms with Gasteiger partial charge in [-0.1, -0.05) is 29.8 Å². The van der Waals surface area contributed by atoms with Gasteiger partial charge in [-0.2, -0.15) is 0 Å². The first-order valence-electron chi connectivity index (χ1n) is 11.3. The van der Waals surface area contributed by atoms with Gasteiger partial charge >= 0.3 is 0 Å². The van der Waals surface area contributed by atoms with Gasteiger partial charge in [0.25, 0.3) is 11.8 Å². The van der Waals surface area contributed by atoms with Gasteiger partial charge in [-0.15, -0.1) is 0 Å². The molecule has 0 saturated carbocycles. The van der Waals surface area contributed by atoms with E-state index in [1.54, 1.807) is 30.3 Å². The molecule has 0 aromatic heterocycles. The summed E-state index contributed by atoms with van der Waals surface area (Å²) in [6, 6.07) is 20.1. The fourth-order valence-corrected chi connectivity index (χ4v) is 4.12. The summed E-state index contributed by atoms with van der Waals surface area (Å²) in [6.07, 6.45) is 0. The predicted molar refractivity (Wildman–Crippen MR) is 140 cm³/mol. The van der Waals surface area contributed by atoms with E-state index >= 15 is 0 Å². The highest BCUT2D eigenvalue weighted by Gasteiger charge is 2.40. The van der Waals surface area contributed by atoms with Crippen LogP contribution >= 0.6 is 0 Å². The normalized spacial score (nSPS) is 13.3. The molecule has 0 radical (unpaired) electrons. The molecule has 0 aliphatic carbocycles. The number of amides is 3. The average Bonchev–Trinajstić information content (AvgIpc) is 3.04. The van der Waals surface area contributed by atoms with Crippen LogP contribution in [0.3, 0.4) is 0 Å². The van der Waals surface area contributed by atoms with Crippen LogP contribution in [0.25, 0.3) is 5.57 Å². The molecule has 7 heteroatoms. The summed E-state index contributed by atoms with van der Waals surface area (Å²) in [7, 11) is 3.81. The number of carbonyl (C=O) groups excluding carboxylic acids is 3. The van der Waals surface area contributed by atoms with E-state index in [1.165, 1.54) is 11.8 Å².